The van der Waals surface area contributed by atoms with Gasteiger partial charge in [-0.25, -0.2) is 0 Å². The summed E-state index contributed by atoms with van der Waals surface area (Å²) in [6.07, 6.45) is 7.39. The zero-order chi connectivity index (χ0) is 11.0. The van der Waals surface area contributed by atoms with Crippen LogP contribution in [0, 0.1) is 0 Å². The number of aromatic nitrogens is 3. The monoisotopic (exact) mass is 221 g/mol. The summed E-state index contributed by atoms with van der Waals surface area (Å²) in [5.41, 5.74) is 0. The summed E-state index contributed by atoms with van der Waals surface area (Å²) in [6.45, 7) is 1.26. The number of aliphatic hydroxyl groups excluding tert-OH is 1. The Morgan fingerprint density at radius 2 is 1.81 bits per heavy atom. The molecule has 0 radical (unpaired) electrons. The molecule has 2 aliphatic rings. The van der Waals surface area contributed by atoms with Crippen LogP contribution in [0.5, 0.6) is 0 Å². The zero-order valence-corrected chi connectivity index (χ0v) is 9.60. The van der Waals surface area contributed by atoms with E-state index in [9.17, 15) is 5.11 Å². The van der Waals surface area contributed by atoms with Crippen LogP contribution in [0.4, 0.5) is 0 Å². The molecule has 1 aliphatic carbocycles. The number of hydrogen-bond acceptors (Lipinski definition) is 3. The molecule has 88 valence electrons. The van der Waals surface area contributed by atoms with Crippen molar-refractivity contribution >= 4 is 0 Å². The van der Waals surface area contributed by atoms with Crippen molar-refractivity contribution in [3.63, 3.8) is 0 Å². The third-order valence-electron chi connectivity index (χ3n) is 4.05. The van der Waals surface area contributed by atoms with Crippen molar-refractivity contribution in [3.8, 4) is 0 Å². The van der Waals surface area contributed by atoms with E-state index in [-0.39, 0.29) is 12.5 Å². The fourth-order valence-corrected chi connectivity index (χ4v) is 3.14. The average Bonchev–Trinajstić information content (AvgIpc) is 2.96. The van der Waals surface area contributed by atoms with Gasteiger partial charge in [0.15, 0.2) is 0 Å². The standard InChI is InChI=1S/C12H19N3O/c16-8-10-6-3-7-15-11(13-14-12(10)15)9-4-1-2-5-9/h9-10,16H,1-8H2. The fraction of sp³-hybridized carbons (Fsp3) is 0.833. The van der Waals surface area contributed by atoms with Crippen LogP contribution in [-0.4, -0.2) is 26.5 Å². The van der Waals surface area contributed by atoms with Gasteiger partial charge in [-0.3, -0.25) is 0 Å². The second-order valence-electron chi connectivity index (χ2n) is 5.07. The van der Waals surface area contributed by atoms with E-state index in [4.69, 9.17) is 0 Å². The minimum Gasteiger partial charge on any atom is -0.396 e. The summed E-state index contributed by atoms with van der Waals surface area (Å²) in [6, 6.07) is 0. The van der Waals surface area contributed by atoms with E-state index in [0.29, 0.717) is 5.92 Å². The Balaban J connectivity index is 1.93. The van der Waals surface area contributed by atoms with Crippen molar-refractivity contribution in [1.82, 2.24) is 14.8 Å². The fourth-order valence-electron chi connectivity index (χ4n) is 3.14. The molecule has 4 nitrogen and oxygen atoms in total. The molecule has 2 heterocycles. The molecule has 1 N–H and O–H groups in total. The number of rotatable bonds is 2. The highest BCUT2D eigenvalue weighted by Crippen LogP contribution is 2.36. The minimum atomic E-state index is 0.211. The molecule has 0 saturated heterocycles. The molecule has 0 spiro atoms. The summed E-state index contributed by atoms with van der Waals surface area (Å²) in [5, 5.41) is 18.0. The number of fused-ring (bicyclic) bond motifs is 1. The smallest absolute Gasteiger partial charge is 0.138 e. The summed E-state index contributed by atoms with van der Waals surface area (Å²) in [7, 11) is 0. The van der Waals surface area contributed by atoms with Crippen LogP contribution in [0.3, 0.4) is 0 Å². The molecule has 1 unspecified atom stereocenters. The predicted octanol–water partition coefficient (Wildman–Crippen LogP) is 1.81. The Bertz CT molecular complexity index is 368. The summed E-state index contributed by atoms with van der Waals surface area (Å²) >= 11 is 0. The summed E-state index contributed by atoms with van der Waals surface area (Å²) < 4.78 is 2.28. The Kier molecular flexibility index (Phi) is 2.67. The van der Waals surface area contributed by atoms with Crippen LogP contribution in [0.25, 0.3) is 0 Å². The van der Waals surface area contributed by atoms with E-state index < -0.39 is 0 Å². The van der Waals surface area contributed by atoms with Gasteiger partial charge >= 0.3 is 0 Å². The molecule has 1 fully saturated rings. The molecule has 0 amide bonds. The summed E-state index contributed by atoms with van der Waals surface area (Å²) in [5.74, 6) is 3.05. The quantitative estimate of drug-likeness (QED) is 0.828. The van der Waals surface area contributed by atoms with Crippen LogP contribution >= 0.6 is 0 Å². The molecule has 1 aromatic rings. The first-order chi connectivity index (χ1) is 7.90. The Morgan fingerprint density at radius 3 is 2.56 bits per heavy atom. The van der Waals surface area contributed by atoms with E-state index in [1.807, 2.05) is 0 Å². The van der Waals surface area contributed by atoms with Gasteiger partial charge in [-0.05, 0) is 25.7 Å². The van der Waals surface area contributed by atoms with E-state index >= 15 is 0 Å². The molecule has 0 bridgehead atoms. The van der Waals surface area contributed by atoms with E-state index in [2.05, 4.69) is 14.8 Å². The highest BCUT2D eigenvalue weighted by atomic mass is 16.3. The second kappa shape index (κ2) is 4.17. The van der Waals surface area contributed by atoms with Crippen LogP contribution in [0.1, 0.15) is 62.0 Å². The van der Waals surface area contributed by atoms with Crippen LogP contribution in [-0.2, 0) is 6.54 Å². The van der Waals surface area contributed by atoms with E-state index in [1.165, 1.54) is 31.5 Å². The Hall–Kier alpha value is -0.900. The maximum Gasteiger partial charge on any atom is 0.138 e. The van der Waals surface area contributed by atoms with Crippen molar-refractivity contribution < 1.29 is 5.11 Å². The first kappa shape index (κ1) is 10.3. The van der Waals surface area contributed by atoms with E-state index in [0.717, 1.165) is 25.2 Å². The van der Waals surface area contributed by atoms with Gasteiger partial charge in [0.1, 0.15) is 11.6 Å². The molecule has 3 rings (SSSR count). The molecular formula is C12H19N3O. The highest BCUT2D eigenvalue weighted by molar-refractivity contribution is 5.09. The second-order valence-corrected chi connectivity index (χ2v) is 5.07. The van der Waals surface area contributed by atoms with Gasteiger partial charge in [0.05, 0.1) is 6.61 Å². The number of aliphatic hydroxyl groups is 1. The Labute approximate surface area is 95.7 Å². The maximum absolute atomic E-state index is 9.33. The van der Waals surface area contributed by atoms with Gasteiger partial charge in [-0.2, -0.15) is 0 Å². The van der Waals surface area contributed by atoms with Gasteiger partial charge in [0, 0.05) is 18.4 Å². The molecule has 1 aromatic heterocycles. The van der Waals surface area contributed by atoms with E-state index in [1.54, 1.807) is 0 Å². The third-order valence-corrected chi connectivity index (χ3v) is 4.05. The molecule has 16 heavy (non-hydrogen) atoms. The van der Waals surface area contributed by atoms with Crippen molar-refractivity contribution in [2.75, 3.05) is 6.61 Å². The SMILES string of the molecule is OCC1CCCn2c1nnc2C1CCCC1. The lowest BCUT2D eigenvalue weighted by atomic mass is 9.99. The maximum atomic E-state index is 9.33. The minimum absolute atomic E-state index is 0.211. The lowest BCUT2D eigenvalue weighted by molar-refractivity contribution is 0.236. The Morgan fingerprint density at radius 1 is 1.06 bits per heavy atom. The predicted molar refractivity (Wildman–Crippen MR) is 60.3 cm³/mol. The molecule has 1 saturated carbocycles. The highest BCUT2D eigenvalue weighted by Gasteiger charge is 2.29. The summed E-state index contributed by atoms with van der Waals surface area (Å²) in [4.78, 5) is 0. The lowest BCUT2D eigenvalue weighted by Crippen LogP contribution is -2.20. The van der Waals surface area contributed by atoms with Gasteiger partial charge in [0.25, 0.3) is 0 Å². The number of nitrogens with zero attached hydrogens (tertiary/aromatic N) is 3. The van der Waals surface area contributed by atoms with Gasteiger partial charge in [0.2, 0.25) is 0 Å². The van der Waals surface area contributed by atoms with Crippen molar-refractivity contribution in [1.29, 1.82) is 0 Å². The molecule has 0 aromatic carbocycles. The van der Waals surface area contributed by atoms with Crippen molar-refractivity contribution in [3.05, 3.63) is 11.6 Å². The topological polar surface area (TPSA) is 50.9 Å². The largest absolute Gasteiger partial charge is 0.396 e. The first-order valence-corrected chi connectivity index (χ1v) is 6.44. The zero-order valence-electron chi connectivity index (χ0n) is 9.60. The molecule has 4 heteroatoms. The van der Waals surface area contributed by atoms with Gasteiger partial charge in [-0.15, -0.1) is 10.2 Å². The molecule has 1 aliphatic heterocycles. The lowest BCUT2D eigenvalue weighted by Gasteiger charge is -2.23. The first-order valence-electron chi connectivity index (χ1n) is 6.44. The van der Waals surface area contributed by atoms with Crippen LogP contribution < -0.4 is 0 Å². The van der Waals surface area contributed by atoms with Crippen LogP contribution in [0.2, 0.25) is 0 Å². The van der Waals surface area contributed by atoms with Crippen molar-refractivity contribution in [2.45, 2.75) is 56.9 Å². The molecule has 1 atom stereocenters. The van der Waals surface area contributed by atoms with Gasteiger partial charge < -0.3 is 9.67 Å². The van der Waals surface area contributed by atoms with Gasteiger partial charge in [-0.1, -0.05) is 12.8 Å². The molecular weight excluding hydrogens is 202 g/mol. The van der Waals surface area contributed by atoms with Crippen LogP contribution in [0.15, 0.2) is 0 Å². The third kappa shape index (κ3) is 1.56. The normalized spacial score (nSPS) is 25.9. The van der Waals surface area contributed by atoms with Crippen molar-refractivity contribution in [2.24, 2.45) is 0 Å². The number of hydrogen-bond donors (Lipinski definition) is 1. The average molecular weight is 221 g/mol.